The van der Waals surface area contributed by atoms with E-state index in [2.05, 4.69) is 21.2 Å². The Balaban J connectivity index is 2.46. The van der Waals surface area contributed by atoms with Crippen LogP contribution in [0.25, 0.3) is 0 Å². The second kappa shape index (κ2) is 7.13. The number of hydrogen-bond donors (Lipinski definition) is 2. The van der Waals surface area contributed by atoms with Crippen molar-refractivity contribution in [3.8, 4) is 0 Å². The Morgan fingerprint density at radius 3 is 2.67 bits per heavy atom. The first-order valence-corrected chi connectivity index (χ1v) is 6.11. The number of benzene rings is 1. The van der Waals surface area contributed by atoms with E-state index in [1.54, 1.807) is 0 Å². The van der Waals surface area contributed by atoms with Gasteiger partial charge in [-0.1, -0.05) is 34.1 Å². The van der Waals surface area contributed by atoms with Crippen molar-refractivity contribution in [2.75, 3.05) is 6.61 Å². The van der Waals surface area contributed by atoms with E-state index in [-0.39, 0.29) is 13.2 Å². The number of rotatable bonds is 6. The Labute approximate surface area is 113 Å². The van der Waals surface area contributed by atoms with Crippen molar-refractivity contribution in [1.82, 2.24) is 5.32 Å². The number of carboxylic acids is 1. The zero-order valence-corrected chi connectivity index (χ0v) is 11.4. The predicted octanol–water partition coefficient (Wildman–Crippen LogP) is 1.55. The fraction of sp³-hybridized carbons (Fsp3) is 0.333. The molecular formula is C12H14BrNO4. The van der Waals surface area contributed by atoms with Gasteiger partial charge in [-0.25, -0.2) is 4.79 Å². The highest BCUT2D eigenvalue weighted by molar-refractivity contribution is 9.10. The van der Waals surface area contributed by atoms with Gasteiger partial charge in [-0.3, -0.25) is 4.79 Å². The summed E-state index contributed by atoms with van der Waals surface area (Å²) in [6.07, 6.45) is 0. The molecule has 0 aromatic heterocycles. The number of halogens is 1. The largest absolute Gasteiger partial charge is 0.480 e. The molecule has 1 aromatic rings. The summed E-state index contributed by atoms with van der Waals surface area (Å²) in [5.41, 5.74) is 0.921. The van der Waals surface area contributed by atoms with Crippen molar-refractivity contribution in [2.45, 2.75) is 19.6 Å². The average Bonchev–Trinajstić information content (AvgIpc) is 2.29. The zero-order valence-electron chi connectivity index (χ0n) is 9.85. The number of carbonyl (C=O) groups is 2. The molecule has 2 N–H and O–H groups in total. The van der Waals surface area contributed by atoms with E-state index >= 15 is 0 Å². The molecule has 1 aromatic carbocycles. The summed E-state index contributed by atoms with van der Waals surface area (Å²) in [7, 11) is 0. The second-order valence-electron chi connectivity index (χ2n) is 3.70. The van der Waals surface area contributed by atoms with Crippen LogP contribution in [0.5, 0.6) is 0 Å². The summed E-state index contributed by atoms with van der Waals surface area (Å²) >= 11 is 3.37. The van der Waals surface area contributed by atoms with Crippen molar-refractivity contribution in [1.29, 1.82) is 0 Å². The van der Waals surface area contributed by atoms with E-state index in [1.807, 2.05) is 24.3 Å². The maximum atomic E-state index is 10.8. The fourth-order valence-corrected chi connectivity index (χ4v) is 1.72. The Bertz CT molecular complexity index is 436. The van der Waals surface area contributed by atoms with Crippen LogP contribution < -0.4 is 5.32 Å². The SMILES string of the molecule is CC(=O)NC(COCc1ccccc1Br)C(=O)O. The van der Waals surface area contributed by atoms with Crippen molar-refractivity contribution in [2.24, 2.45) is 0 Å². The summed E-state index contributed by atoms with van der Waals surface area (Å²) in [6.45, 7) is 1.48. The molecule has 5 nitrogen and oxygen atoms in total. The Morgan fingerprint density at radius 1 is 1.44 bits per heavy atom. The van der Waals surface area contributed by atoms with Crippen LogP contribution in [-0.2, 0) is 20.9 Å². The summed E-state index contributed by atoms with van der Waals surface area (Å²) in [4.78, 5) is 21.6. The van der Waals surface area contributed by atoms with Gasteiger partial charge in [-0.15, -0.1) is 0 Å². The first-order chi connectivity index (χ1) is 8.50. The van der Waals surface area contributed by atoms with Gasteiger partial charge in [0.05, 0.1) is 13.2 Å². The van der Waals surface area contributed by atoms with E-state index in [0.29, 0.717) is 0 Å². The maximum Gasteiger partial charge on any atom is 0.328 e. The number of hydrogen-bond acceptors (Lipinski definition) is 3. The third-order valence-corrected chi connectivity index (χ3v) is 2.95. The van der Waals surface area contributed by atoms with Crippen LogP contribution in [-0.4, -0.2) is 29.6 Å². The minimum Gasteiger partial charge on any atom is -0.480 e. The van der Waals surface area contributed by atoms with Gasteiger partial charge < -0.3 is 15.2 Å². The Hall–Kier alpha value is -1.40. The smallest absolute Gasteiger partial charge is 0.328 e. The molecule has 1 unspecified atom stereocenters. The van der Waals surface area contributed by atoms with Gasteiger partial charge in [0.25, 0.3) is 0 Å². The molecule has 0 aliphatic heterocycles. The highest BCUT2D eigenvalue weighted by Gasteiger charge is 2.18. The Kier molecular flexibility index (Phi) is 5.80. The summed E-state index contributed by atoms with van der Waals surface area (Å²) in [6, 6.07) is 6.47. The molecule has 0 saturated carbocycles. The molecule has 0 bridgehead atoms. The third-order valence-electron chi connectivity index (χ3n) is 2.18. The first-order valence-electron chi connectivity index (χ1n) is 5.31. The van der Waals surface area contributed by atoms with Crippen LogP contribution in [0, 0.1) is 0 Å². The molecule has 0 fully saturated rings. The van der Waals surface area contributed by atoms with Crippen LogP contribution in [0.4, 0.5) is 0 Å². The standard InChI is InChI=1S/C12H14BrNO4/c1-8(15)14-11(12(16)17)7-18-6-9-4-2-3-5-10(9)13/h2-5,11H,6-7H2,1H3,(H,14,15)(H,16,17). The van der Waals surface area contributed by atoms with Crippen molar-refractivity contribution in [3.05, 3.63) is 34.3 Å². The topological polar surface area (TPSA) is 75.6 Å². The fourth-order valence-electron chi connectivity index (χ4n) is 1.32. The van der Waals surface area contributed by atoms with Crippen LogP contribution in [0.1, 0.15) is 12.5 Å². The molecule has 0 aliphatic rings. The van der Waals surface area contributed by atoms with E-state index in [0.717, 1.165) is 10.0 Å². The lowest BCUT2D eigenvalue weighted by Gasteiger charge is -2.13. The molecule has 0 spiro atoms. The van der Waals surface area contributed by atoms with Gasteiger partial charge >= 0.3 is 5.97 Å². The quantitative estimate of drug-likeness (QED) is 0.835. The molecule has 0 heterocycles. The van der Waals surface area contributed by atoms with Crippen molar-refractivity contribution in [3.63, 3.8) is 0 Å². The predicted molar refractivity (Wildman–Crippen MR) is 69.0 cm³/mol. The van der Waals surface area contributed by atoms with Crippen LogP contribution in [0.3, 0.4) is 0 Å². The molecule has 6 heteroatoms. The molecule has 18 heavy (non-hydrogen) atoms. The lowest BCUT2D eigenvalue weighted by Crippen LogP contribution is -2.42. The van der Waals surface area contributed by atoms with Crippen LogP contribution >= 0.6 is 15.9 Å². The van der Waals surface area contributed by atoms with Gasteiger partial charge in [0.2, 0.25) is 5.91 Å². The number of amides is 1. The van der Waals surface area contributed by atoms with E-state index in [4.69, 9.17) is 9.84 Å². The third kappa shape index (κ3) is 4.85. The molecule has 0 radical (unpaired) electrons. The summed E-state index contributed by atoms with van der Waals surface area (Å²) < 4.78 is 6.20. The highest BCUT2D eigenvalue weighted by Crippen LogP contribution is 2.16. The normalized spacial score (nSPS) is 11.9. The van der Waals surface area contributed by atoms with Gasteiger partial charge in [0.15, 0.2) is 6.04 Å². The Morgan fingerprint density at radius 2 is 2.11 bits per heavy atom. The molecule has 1 amide bonds. The van der Waals surface area contributed by atoms with Crippen molar-refractivity contribution < 1.29 is 19.4 Å². The van der Waals surface area contributed by atoms with E-state index in [1.165, 1.54) is 6.92 Å². The number of carboxylic acid groups (broad SMARTS) is 1. The van der Waals surface area contributed by atoms with Crippen LogP contribution in [0.2, 0.25) is 0 Å². The zero-order chi connectivity index (χ0) is 13.5. The molecule has 1 atom stereocenters. The lowest BCUT2D eigenvalue weighted by atomic mass is 10.2. The van der Waals surface area contributed by atoms with E-state index < -0.39 is 17.9 Å². The maximum absolute atomic E-state index is 10.8. The minimum absolute atomic E-state index is 0.0732. The second-order valence-corrected chi connectivity index (χ2v) is 4.55. The van der Waals surface area contributed by atoms with Gasteiger partial charge in [-0.05, 0) is 11.6 Å². The van der Waals surface area contributed by atoms with Gasteiger partial charge in [0, 0.05) is 11.4 Å². The molecule has 0 aliphatic carbocycles. The number of ether oxygens (including phenoxy) is 1. The monoisotopic (exact) mass is 315 g/mol. The van der Waals surface area contributed by atoms with Gasteiger partial charge in [-0.2, -0.15) is 0 Å². The summed E-state index contributed by atoms with van der Waals surface area (Å²) in [5, 5.41) is 11.2. The molecular weight excluding hydrogens is 302 g/mol. The van der Waals surface area contributed by atoms with Crippen molar-refractivity contribution >= 4 is 27.8 Å². The molecule has 0 saturated heterocycles. The van der Waals surface area contributed by atoms with E-state index in [9.17, 15) is 9.59 Å². The summed E-state index contributed by atoms with van der Waals surface area (Å²) in [5.74, 6) is -1.51. The average molecular weight is 316 g/mol. The van der Waals surface area contributed by atoms with Gasteiger partial charge in [0.1, 0.15) is 0 Å². The first kappa shape index (κ1) is 14.7. The lowest BCUT2D eigenvalue weighted by molar-refractivity contribution is -0.143. The number of nitrogens with one attached hydrogen (secondary N) is 1. The van der Waals surface area contributed by atoms with Crippen LogP contribution in [0.15, 0.2) is 28.7 Å². The number of aliphatic carboxylic acids is 1. The highest BCUT2D eigenvalue weighted by atomic mass is 79.9. The molecule has 98 valence electrons. The number of carbonyl (C=O) groups excluding carboxylic acids is 1. The minimum atomic E-state index is -1.11. The molecule has 1 rings (SSSR count).